The van der Waals surface area contributed by atoms with Crippen molar-refractivity contribution in [1.82, 2.24) is 0 Å². The van der Waals surface area contributed by atoms with E-state index in [1.165, 1.54) is 0 Å². The number of alkyl halides is 1. The number of aliphatic hydroxyl groups is 2. The van der Waals surface area contributed by atoms with Gasteiger partial charge in [0.05, 0.1) is 12.0 Å². The fraction of sp³-hybridized carbons (Fsp3) is 1.00. The summed E-state index contributed by atoms with van der Waals surface area (Å²) < 4.78 is 0. The van der Waals surface area contributed by atoms with Crippen LogP contribution in [0.4, 0.5) is 0 Å². The minimum Gasteiger partial charge on any atom is -0.393 e. The lowest BCUT2D eigenvalue weighted by atomic mass is 9.85. The van der Waals surface area contributed by atoms with E-state index in [0.717, 1.165) is 6.42 Å². The Morgan fingerprint density at radius 3 is 2.54 bits per heavy atom. The van der Waals surface area contributed by atoms with E-state index in [-0.39, 0.29) is 12.0 Å². The first-order chi connectivity index (χ1) is 5.92. The molecule has 0 aromatic carbocycles. The predicted molar refractivity (Wildman–Crippen MR) is 51.7 cm³/mol. The maximum atomic E-state index is 10.00. The van der Waals surface area contributed by atoms with Gasteiger partial charge in [-0.25, -0.2) is 0 Å². The zero-order valence-electron chi connectivity index (χ0n) is 8.13. The van der Waals surface area contributed by atoms with Gasteiger partial charge in [0, 0.05) is 0 Å². The first-order valence-corrected chi connectivity index (χ1v) is 5.33. The summed E-state index contributed by atoms with van der Waals surface area (Å²) in [6, 6.07) is 0. The van der Waals surface area contributed by atoms with Crippen LogP contribution in [0.3, 0.4) is 0 Å². The molecule has 2 aliphatic rings. The van der Waals surface area contributed by atoms with Gasteiger partial charge >= 0.3 is 0 Å². The summed E-state index contributed by atoms with van der Waals surface area (Å²) in [4.78, 5) is 0. The average molecular weight is 205 g/mol. The lowest BCUT2D eigenvalue weighted by Gasteiger charge is -2.34. The highest BCUT2D eigenvalue weighted by Gasteiger charge is 2.64. The first kappa shape index (κ1) is 9.75. The van der Waals surface area contributed by atoms with E-state index in [1.54, 1.807) is 0 Å². The number of rotatable bonds is 1. The molecule has 76 valence electrons. The summed E-state index contributed by atoms with van der Waals surface area (Å²) in [6.45, 7) is 4.23. The molecule has 13 heavy (non-hydrogen) atoms. The molecule has 0 aliphatic heterocycles. The Labute approximate surface area is 83.9 Å². The van der Waals surface area contributed by atoms with Crippen molar-refractivity contribution in [3.05, 3.63) is 0 Å². The molecule has 0 spiro atoms. The van der Waals surface area contributed by atoms with Gasteiger partial charge in [0.2, 0.25) is 0 Å². The van der Waals surface area contributed by atoms with Crippen LogP contribution in [0.2, 0.25) is 0 Å². The van der Waals surface area contributed by atoms with E-state index in [1.807, 2.05) is 0 Å². The van der Waals surface area contributed by atoms with Gasteiger partial charge in [0.1, 0.15) is 5.60 Å². The van der Waals surface area contributed by atoms with Crippen LogP contribution < -0.4 is 0 Å². The molecular formula is C10H17ClO2. The van der Waals surface area contributed by atoms with Crippen molar-refractivity contribution in [3.8, 4) is 0 Å². The first-order valence-electron chi connectivity index (χ1n) is 4.89. The highest BCUT2D eigenvalue weighted by molar-refractivity contribution is 6.21. The molecule has 2 N–H and O–H groups in total. The number of hydrogen-bond acceptors (Lipinski definition) is 2. The highest BCUT2D eigenvalue weighted by atomic mass is 35.5. The van der Waals surface area contributed by atoms with Gasteiger partial charge in [-0.3, -0.25) is 0 Å². The third-order valence-corrected chi connectivity index (χ3v) is 4.76. The minimum absolute atomic E-state index is 0.208. The monoisotopic (exact) mass is 204 g/mol. The maximum Gasteiger partial charge on any atom is 0.104 e. The molecule has 0 heterocycles. The van der Waals surface area contributed by atoms with Gasteiger partial charge in [0.25, 0.3) is 0 Å². The predicted octanol–water partition coefficient (Wildman–Crippen LogP) is 1.38. The Balaban J connectivity index is 2.13. The van der Waals surface area contributed by atoms with E-state index in [0.29, 0.717) is 23.7 Å². The van der Waals surface area contributed by atoms with Crippen LogP contribution in [0.5, 0.6) is 0 Å². The number of aliphatic hydroxyl groups excluding tert-OH is 1. The molecule has 0 aromatic rings. The Morgan fingerprint density at radius 2 is 2.00 bits per heavy atom. The summed E-state index contributed by atoms with van der Waals surface area (Å²) in [5.41, 5.74) is -0.705. The summed E-state index contributed by atoms with van der Waals surface area (Å²) in [7, 11) is 0. The normalized spacial score (nSPS) is 52.8. The maximum absolute atomic E-state index is 10.00. The molecule has 3 heteroatoms. The van der Waals surface area contributed by atoms with Crippen LogP contribution in [0.1, 0.15) is 26.7 Å². The molecule has 4 atom stereocenters. The molecule has 0 saturated heterocycles. The van der Waals surface area contributed by atoms with E-state index in [4.69, 9.17) is 16.7 Å². The summed E-state index contributed by atoms with van der Waals surface area (Å²) in [5.74, 6) is 1.21. The number of hydrogen-bond donors (Lipinski definition) is 2. The van der Waals surface area contributed by atoms with E-state index in [2.05, 4.69) is 13.8 Å². The summed E-state index contributed by atoms with van der Waals surface area (Å²) in [5, 5.41) is 18.8. The van der Waals surface area contributed by atoms with Crippen LogP contribution in [0, 0.1) is 17.3 Å². The molecule has 0 aromatic heterocycles. The van der Waals surface area contributed by atoms with Gasteiger partial charge < -0.3 is 10.2 Å². The quantitative estimate of drug-likeness (QED) is 0.634. The van der Waals surface area contributed by atoms with Crippen molar-refractivity contribution in [2.24, 2.45) is 17.3 Å². The second-order valence-electron chi connectivity index (χ2n) is 5.20. The number of fused-ring (bicyclic) bond motifs is 1. The summed E-state index contributed by atoms with van der Waals surface area (Å²) >= 11 is 6.06. The van der Waals surface area contributed by atoms with Crippen LogP contribution in [0.25, 0.3) is 0 Å². The molecule has 0 amide bonds. The Morgan fingerprint density at radius 1 is 1.38 bits per heavy atom. The molecule has 2 saturated carbocycles. The SMILES string of the molecule is CC1(C)C2CC(Cl)C(O)(CO)CC21. The molecule has 2 fully saturated rings. The Hall–Kier alpha value is 0.210. The van der Waals surface area contributed by atoms with Gasteiger partial charge in [-0.15, -0.1) is 11.6 Å². The van der Waals surface area contributed by atoms with E-state index in [9.17, 15) is 5.11 Å². The molecular weight excluding hydrogens is 188 g/mol. The van der Waals surface area contributed by atoms with E-state index < -0.39 is 5.60 Å². The van der Waals surface area contributed by atoms with Crippen molar-refractivity contribution in [1.29, 1.82) is 0 Å². The molecule has 2 aliphatic carbocycles. The van der Waals surface area contributed by atoms with Gasteiger partial charge in [-0.1, -0.05) is 13.8 Å². The standard InChI is InChI=1S/C10H17ClO2/c1-9(2)6-3-8(11)10(13,5-12)4-7(6)9/h6-8,12-13H,3-5H2,1-2H3. The zero-order valence-corrected chi connectivity index (χ0v) is 8.88. The lowest BCUT2D eigenvalue weighted by molar-refractivity contribution is -0.0418. The number of halogens is 1. The fourth-order valence-corrected chi connectivity index (χ4v) is 3.20. The summed E-state index contributed by atoms with van der Waals surface area (Å²) in [6.07, 6.45) is 1.51. The van der Waals surface area contributed by atoms with Gasteiger partial charge in [-0.2, -0.15) is 0 Å². The van der Waals surface area contributed by atoms with Crippen molar-refractivity contribution in [2.75, 3.05) is 6.61 Å². The molecule has 2 rings (SSSR count). The molecule has 0 bridgehead atoms. The van der Waals surface area contributed by atoms with Crippen LogP contribution in [0.15, 0.2) is 0 Å². The van der Waals surface area contributed by atoms with Gasteiger partial charge in [0.15, 0.2) is 0 Å². The molecule has 0 radical (unpaired) electrons. The highest BCUT2D eigenvalue weighted by Crippen LogP contribution is 2.66. The topological polar surface area (TPSA) is 40.5 Å². The third kappa shape index (κ3) is 1.23. The van der Waals surface area contributed by atoms with Crippen LogP contribution in [-0.2, 0) is 0 Å². The fourth-order valence-electron chi connectivity index (χ4n) is 2.85. The van der Waals surface area contributed by atoms with Crippen molar-refractivity contribution in [3.63, 3.8) is 0 Å². The lowest BCUT2D eigenvalue weighted by Crippen LogP contribution is -2.45. The molecule has 4 unspecified atom stereocenters. The third-order valence-electron chi connectivity index (χ3n) is 4.18. The van der Waals surface area contributed by atoms with Crippen molar-refractivity contribution < 1.29 is 10.2 Å². The largest absolute Gasteiger partial charge is 0.393 e. The second kappa shape index (κ2) is 2.62. The Bertz CT molecular complexity index is 229. The smallest absolute Gasteiger partial charge is 0.104 e. The Kier molecular flexibility index (Phi) is 1.96. The van der Waals surface area contributed by atoms with Crippen LogP contribution in [-0.4, -0.2) is 27.8 Å². The minimum atomic E-state index is -1.03. The van der Waals surface area contributed by atoms with E-state index >= 15 is 0 Å². The van der Waals surface area contributed by atoms with Crippen molar-refractivity contribution in [2.45, 2.75) is 37.7 Å². The zero-order chi connectivity index (χ0) is 9.85. The second-order valence-corrected chi connectivity index (χ2v) is 5.73. The van der Waals surface area contributed by atoms with Gasteiger partial charge in [-0.05, 0) is 30.1 Å². The van der Waals surface area contributed by atoms with Crippen LogP contribution >= 0.6 is 11.6 Å². The molecule has 2 nitrogen and oxygen atoms in total. The van der Waals surface area contributed by atoms with Crippen molar-refractivity contribution >= 4 is 11.6 Å². The average Bonchev–Trinajstić information content (AvgIpc) is 2.56.